The second-order valence-electron chi connectivity index (χ2n) is 14.4. The summed E-state index contributed by atoms with van der Waals surface area (Å²) in [5.41, 5.74) is 1.70. The van der Waals surface area contributed by atoms with Crippen LogP contribution in [0.4, 0.5) is 9.18 Å². The predicted molar refractivity (Wildman–Crippen MR) is 169 cm³/mol. The van der Waals surface area contributed by atoms with Gasteiger partial charge in [0, 0.05) is 10.9 Å². The Morgan fingerprint density at radius 1 is 1.05 bits per heavy atom. The van der Waals surface area contributed by atoms with E-state index in [0.717, 1.165) is 40.0 Å². The first kappa shape index (κ1) is 30.5. The summed E-state index contributed by atoms with van der Waals surface area (Å²) in [5, 5.41) is 0. The van der Waals surface area contributed by atoms with Crippen LogP contribution in [0.1, 0.15) is 91.9 Å². The van der Waals surface area contributed by atoms with Crippen LogP contribution >= 0.6 is 11.3 Å². The topological polar surface area (TPSA) is 61.4 Å². The molecule has 4 nitrogen and oxygen atoms in total. The van der Waals surface area contributed by atoms with Gasteiger partial charge in [0.05, 0.1) is 6.61 Å². The first-order valence-corrected chi connectivity index (χ1v) is 18.3. The van der Waals surface area contributed by atoms with E-state index in [9.17, 15) is 13.7 Å². The molecule has 2 aromatic rings. The number of ether oxygens (including phenoxy) is 1. The maximum atomic E-state index is 13.3. The van der Waals surface area contributed by atoms with Gasteiger partial charge >= 0.3 is 6.09 Å². The van der Waals surface area contributed by atoms with Gasteiger partial charge in [-0.3, -0.25) is 0 Å². The largest absolute Gasteiger partial charge is 0.587 e. The lowest BCUT2D eigenvalue weighted by molar-refractivity contribution is -0.138. The van der Waals surface area contributed by atoms with E-state index in [-0.39, 0.29) is 11.7 Å². The number of carbonyl (C=O) groups is 1. The fourth-order valence-electron chi connectivity index (χ4n) is 10.7. The highest BCUT2D eigenvalue weighted by atomic mass is 32.2. The maximum absolute atomic E-state index is 13.3. The first-order chi connectivity index (χ1) is 20.1. The molecule has 6 rings (SSSR count). The van der Waals surface area contributed by atoms with Gasteiger partial charge in [-0.1, -0.05) is 70.4 Å². The molecule has 0 aliphatic heterocycles. The Hall–Kier alpha value is -1.57. The van der Waals surface area contributed by atoms with Crippen LogP contribution in [0, 0.1) is 58.1 Å². The second kappa shape index (κ2) is 12.1. The summed E-state index contributed by atoms with van der Waals surface area (Å²) < 4.78 is 34.9. The minimum Gasteiger partial charge on any atom is -0.587 e. The summed E-state index contributed by atoms with van der Waals surface area (Å²) in [6.45, 7) is 10.3. The fraction of sp³-hybridized carbons (Fsp3) is 0.686. The number of nitrogens with one attached hydrogen (secondary N) is 1. The van der Waals surface area contributed by atoms with E-state index in [4.69, 9.17) is 4.74 Å². The fourth-order valence-corrected chi connectivity index (χ4v) is 12.6. The minimum absolute atomic E-state index is 0.270. The molecule has 0 saturated heterocycles. The molecule has 4 aliphatic rings. The lowest BCUT2D eigenvalue weighted by atomic mass is 9.42. The number of halogens is 1. The second-order valence-corrected chi connectivity index (χ2v) is 17.0. The molecule has 0 radical (unpaired) electrons. The molecule has 42 heavy (non-hydrogen) atoms. The lowest BCUT2D eigenvalue weighted by Gasteiger charge is -2.63. The van der Waals surface area contributed by atoms with Crippen LogP contribution in [0.25, 0.3) is 10.4 Å². The van der Waals surface area contributed by atoms with Crippen LogP contribution in [-0.4, -0.2) is 17.3 Å². The van der Waals surface area contributed by atoms with E-state index in [2.05, 4.69) is 32.4 Å². The molecule has 7 heteroatoms. The third-order valence-corrected chi connectivity index (χ3v) is 15.1. The Kier molecular flexibility index (Phi) is 8.76. The highest BCUT2D eigenvalue weighted by Crippen LogP contribution is 2.69. The number of benzene rings is 1. The van der Waals surface area contributed by atoms with Crippen molar-refractivity contribution < 1.29 is 18.5 Å². The van der Waals surface area contributed by atoms with Gasteiger partial charge in [0.15, 0.2) is 0 Å². The Bertz CT molecular complexity index is 1250. The molecule has 4 aliphatic carbocycles. The van der Waals surface area contributed by atoms with Crippen LogP contribution in [-0.2, 0) is 16.1 Å². The number of rotatable bonds is 7. The van der Waals surface area contributed by atoms with E-state index in [1.54, 1.807) is 18.2 Å². The van der Waals surface area contributed by atoms with Crippen molar-refractivity contribution in [2.24, 2.45) is 52.3 Å². The van der Waals surface area contributed by atoms with E-state index < -0.39 is 17.5 Å². The monoisotopic (exact) mass is 613 g/mol. The van der Waals surface area contributed by atoms with Crippen LogP contribution in [0.15, 0.2) is 40.6 Å². The summed E-state index contributed by atoms with van der Waals surface area (Å²) in [5.74, 6) is 4.86. The zero-order valence-electron chi connectivity index (χ0n) is 25.7. The highest BCUT2D eigenvalue weighted by molar-refractivity contribution is 7.92. The Morgan fingerprint density at radius 2 is 1.81 bits per heavy atom. The van der Waals surface area contributed by atoms with Crippen LogP contribution < -0.4 is 4.72 Å². The van der Waals surface area contributed by atoms with Gasteiger partial charge in [0.25, 0.3) is 0 Å². The Morgan fingerprint density at radius 3 is 2.57 bits per heavy atom. The smallest absolute Gasteiger partial charge is 0.449 e. The zero-order chi connectivity index (χ0) is 29.6. The molecule has 4 saturated carbocycles. The zero-order valence-corrected chi connectivity index (χ0v) is 27.3. The molecule has 0 spiro atoms. The lowest BCUT2D eigenvalue weighted by Crippen LogP contribution is -2.55. The molecule has 230 valence electrons. The molecule has 7 unspecified atom stereocenters. The van der Waals surface area contributed by atoms with Crippen LogP contribution in [0.5, 0.6) is 0 Å². The van der Waals surface area contributed by atoms with Crippen LogP contribution in [0.3, 0.4) is 0 Å². The molecule has 4 fully saturated rings. The highest BCUT2D eigenvalue weighted by Gasteiger charge is 2.61. The predicted octanol–water partition coefficient (Wildman–Crippen LogP) is 9.62. The third-order valence-electron chi connectivity index (χ3n) is 12.6. The van der Waals surface area contributed by atoms with E-state index in [1.807, 2.05) is 6.07 Å². The summed E-state index contributed by atoms with van der Waals surface area (Å²) >= 11 is -0.376. The number of hydrogen-bond acceptors (Lipinski definition) is 4. The third kappa shape index (κ3) is 5.45. The van der Waals surface area contributed by atoms with Gasteiger partial charge in [-0.15, -0.1) is 4.72 Å². The summed E-state index contributed by atoms with van der Waals surface area (Å²) in [6, 6.07) is 9.79. The van der Waals surface area contributed by atoms with Crippen LogP contribution in [0.2, 0.25) is 0 Å². The maximum Gasteiger partial charge on any atom is 0.449 e. The number of hydrogen-bond donors (Lipinski definition) is 1. The molecule has 1 heterocycles. The van der Waals surface area contributed by atoms with Gasteiger partial charge in [0.2, 0.25) is 4.21 Å². The molecule has 10 atom stereocenters. The Balaban J connectivity index is 1.05. The average Bonchev–Trinajstić information content (AvgIpc) is 3.61. The van der Waals surface area contributed by atoms with Crippen molar-refractivity contribution in [2.45, 2.75) is 96.1 Å². The van der Waals surface area contributed by atoms with Gasteiger partial charge in [-0.05, 0) is 121 Å². The van der Waals surface area contributed by atoms with E-state index in [1.165, 1.54) is 87.7 Å². The minimum atomic E-state index is -1.70. The quantitative estimate of drug-likeness (QED) is 0.316. The van der Waals surface area contributed by atoms with E-state index in [0.29, 0.717) is 27.6 Å². The Labute approximate surface area is 258 Å². The van der Waals surface area contributed by atoms with Crippen molar-refractivity contribution in [3.8, 4) is 10.4 Å². The van der Waals surface area contributed by atoms with E-state index >= 15 is 0 Å². The summed E-state index contributed by atoms with van der Waals surface area (Å²) in [4.78, 5) is 13.6. The molecule has 0 bridgehead atoms. The van der Waals surface area contributed by atoms with Gasteiger partial charge in [0.1, 0.15) is 17.2 Å². The van der Waals surface area contributed by atoms with Crippen molar-refractivity contribution in [3.63, 3.8) is 0 Å². The van der Waals surface area contributed by atoms with Crippen molar-refractivity contribution in [1.29, 1.82) is 0 Å². The molecular formula is C35H48FNO3S2. The number of amides is 1. The van der Waals surface area contributed by atoms with Gasteiger partial charge in [-0.2, -0.15) is 0 Å². The molecule has 1 N–H and O–H groups in total. The molecule has 1 aromatic carbocycles. The SMILES string of the molecule is CC[C@H]1CC2C3CCC([C@H](C)COC(=O)N[S+]([O-])c4ccc(-c5ccc(F)cc5)s4)C3(C)CC[C@@H]2C2(C)CCCCC12. The standard InChI is InChI=1S/C35H48FNO3S2/c1-5-23-20-26-29-14-13-27(35(29,4)19-17-30(26)34(3)18-7-6-8-28(23)34)22(2)21-40-33(38)37-42(39)32-16-15-31(41-32)24-9-11-25(36)12-10-24/h9-12,15-16,22-23,26-30H,5-8,13-14,17-21H2,1-4H3,(H,37,38)/t22-,23+,26?,27?,28?,29?,30+,34?,35?,42?/m1/s1. The average molecular weight is 614 g/mol. The van der Waals surface area contributed by atoms with Crippen molar-refractivity contribution >= 4 is 28.8 Å². The normalized spacial score (nSPS) is 37.2. The van der Waals surface area contributed by atoms with Crippen molar-refractivity contribution in [2.75, 3.05) is 6.61 Å². The number of carbonyl (C=O) groups excluding carboxylic acids is 1. The molecule has 1 aromatic heterocycles. The molecule has 1 amide bonds. The van der Waals surface area contributed by atoms with Gasteiger partial charge in [-0.25, -0.2) is 9.18 Å². The first-order valence-electron chi connectivity index (χ1n) is 16.3. The van der Waals surface area contributed by atoms with Crippen molar-refractivity contribution in [3.05, 3.63) is 42.2 Å². The molecular weight excluding hydrogens is 566 g/mol. The summed E-state index contributed by atoms with van der Waals surface area (Å²) in [6.07, 6.45) is 13.1. The van der Waals surface area contributed by atoms with Crippen molar-refractivity contribution in [1.82, 2.24) is 4.72 Å². The van der Waals surface area contributed by atoms with Gasteiger partial charge < -0.3 is 9.29 Å². The number of thiophene rings is 1. The summed E-state index contributed by atoms with van der Waals surface area (Å²) in [7, 11) is 0. The number of fused-ring (bicyclic) bond motifs is 5.